The summed E-state index contributed by atoms with van der Waals surface area (Å²) < 4.78 is 6.00. The zero-order valence-corrected chi connectivity index (χ0v) is 23.0. The molecule has 2 fully saturated rings. The summed E-state index contributed by atoms with van der Waals surface area (Å²) in [7, 11) is 2.17. The molecule has 0 amide bonds. The minimum atomic E-state index is -0.654. The average molecular weight is 512 g/mol. The Balaban J connectivity index is 1.43. The minimum absolute atomic E-state index is 0.189. The smallest absolute Gasteiger partial charge is 0.156 e. The van der Waals surface area contributed by atoms with Crippen LogP contribution < -0.4 is 21.1 Å². The molecule has 1 saturated heterocycles. The van der Waals surface area contributed by atoms with E-state index in [1.807, 2.05) is 38.1 Å². The van der Waals surface area contributed by atoms with Gasteiger partial charge in [0.1, 0.15) is 23.9 Å². The predicted molar refractivity (Wildman–Crippen MR) is 150 cm³/mol. The van der Waals surface area contributed by atoms with Crippen LogP contribution in [0.2, 0.25) is 0 Å². The van der Waals surface area contributed by atoms with Crippen molar-refractivity contribution in [3.05, 3.63) is 35.7 Å². The molecule has 37 heavy (non-hydrogen) atoms. The van der Waals surface area contributed by atoms with Gasteiger partial charge in [-0.15, -0.1) is 0 Å². The van der Waals surface area contributed by atoms with Crippen LogP contribution in [-0.4, -0.2) is 83.4 Å². The maximum absolute atomic E-state index is 9.87. The molecular weight excluding hydrogens is 466 g/mol. The van der Waals surface area contributed by atoms with E-state index in [2.05, 4.69) is 34.4 Å². The van der Waals surface area contributed by atoms with Crippen molar-refractivity contribution in [1.29, 1.82) is 0 Å². The number of rotatable bonds is 10. The van der Waals surface area contributed by atoms with Crippen molar-refractivity contribution in [2.24, 2.45) is 5.73 Å². The molecule has 0 spiro atoms. The van der Waals surface area contributed by atoms with Gasteiger partial charge in [0.25, 0.3) is 0 Å². The fourth-order valence-electron chi connectivity index (χ4n) is 4.92. The fraction of sp³-hybridized carbons (Fsp3) is 0.643. The second kappa shape index (κ2) is 12.4. The molecule has 2 aromatic rings. The van der Waals surface area contributed by atoms with E-state index in [4.69, 9.17) is 20.4 Å². The van der Waals surface area contributed by atoms with Gasteiger partial charge in [-0.05, 0) is 77.3 Å². The molecule has 0 unspecified atom stereocenters. The van der Waals surface area contributed by atoms with E-state index in [0.717, 1.165) is 93.5 Å². The van der Waals surface area contributed by atoms with Gasteiger partial charge in [-0.25, -0.2) is 9.97 Å². The maximum Gasteiger partial charge on any atom is 0.156 e. The molecule has 2 aliphatic rings. The largest absolute Gasteiger partial charge is 0.492 e. The highest BCUT2D eigenvalue weighted by molar-refractivity contribution is 5.63. The average Bonchev–Trinajstić information content (AvgIpc) is 2.87. The normalized spacial score (nSPS) is 21.6. The molecule has 1 saturated carbocycles. The lowest BCUT2D eigenvalue weighted by molar-refractivity contribution is 0.126. The summed E-state index contributed by atoms with van der Waals surface area (Å²) in [5.41, 5.74) is 8.42. The number of nitrogens with two attached hydrogens (primary N) is 1. The summed E-state index contributed by atoms with van der Waals surface area (Å²) in [6.07, 6.45) is 4.05. The molecule has 204 valence electrons. The molecule has 9 heteroatoms. The number of aliphatic hydroxyl groups is 1. The first-order valence-corrected chi connectivity index (χ1v) is 13.8. The second-order valence-electron chi connectivity index (χ2n) is 11.1. The number of aliphatic hydroxyl groups excluding tert-OH is 1. The van der Waals surface area contributed by atoms with Crippen molar-refractivity contribution in [3.63, 3.8) is 0 Å². The number of nitrogens with zero attached hydrogens (tertiary/aromatic N) is 4. The summed E-state index contributed by atoms with van der Waals surface area (Å²) in [6.45, 7) is 12.0. The number of hydrogen-bond acceptors (Lipinski definition) is 9. The second-order valence-corrected chi connectivity index (χ2v) is 11.1. The van der Waals surface area contributed by atoms with E-state index < -0.39 is 5.54 Å². The quantitative estimate of drug-likeness (QED) is 0.382. The van der Waals surface area contributed by atoms with Crippen LogP contribution in [0.25, 0.3) is 0 Å². The standard InChI is InChI=1S/C28H45N7O2/c1-5-24-26(30-20-6-10-22(36)11-7-20)33-27(25(32-24)28(2,3)29)31-21-8-12-23(13-9-21)37-19-18-35-16-14-34(4)15-17-35/h8-9,12-13,20,22,36H,5-7,10-11,14-19,29H2,1-4H3,(H2,30,31,33)/t20-,22-. The molecule has 5 N–H and O–H groups in total. The number of piperazine rings is 1. The molecule has 0 atom stereocenters. The Hall–Kier alpha value is -2.46. The van der Waals surface area contributed by atoms with Crippen LogP contribution in [0, 0.1) is 0 Å². The van der Waals surface area contributed by atoms with E-state index in [0.29, 0.717) is 12.4 Å². The monoisotopic (exact) mass is 511 g/mol. The Morgan fingerprint density at radius 2 is 1.70 bits per heavy atom. The van der Waals surface area contributed by atoms with Gasteiger partial charge in [-0.3, -0.25) is 4.90 Å². The van der Waals surface area contributed by atoms with Gasteiger partial charge in [0.2, 0.25) is 0 Å². The lowest BCUT2D eigenvalue weighted by Gasteiger charge is -2.32. The number of likely N-dealkylation sites (N-methyl/N-ethyl adjacent to an activating group) is 1. The van der Waals surface area contributed by atoms with Crippen molar-refractivity contribution in [3.8, 4) is 5.75 Å². The van der Waals surface area contributed by atoms with Crippen LogP contribution >= 0.6 is 0 Å². The number of anilines is 3. The third-order valence-electron chi connectivity index (χ3n) is 7.34. The molecule has 0 radical (unpaired) electrons. The van der Waals surface area contributed by atoms with E-state index in [1.165, 1.54) is 0 Å². The number of nitrogens with one attached hydrogen (secondary N) is 2. The van der Waals surface area contributed by atoms with E-state index in [1.54, 1.807) is 0 Å². The Morgan fingerprint density at radius 3 is 2.32 bits per heavy atom. The summed E-state index contributed by atoms with van der Waals surface area (Å²) in [5.74, 6) is 2.31. The Labute approximate surface area is 221 Å². The predicted octanol–water partition coefficient (Wildman–Crippen LogP) is 3.32. The first-order chi connectivity index (χ1) is 17.7. The van der Waals surface area contributed by atoms with Crippen molar-refractivity contribution < 1.29 is 9.84 Å². The lowest BCUT2D eigenvalue weighted by atomic mass is 9.93. The van der Waals surface area contributed by atoms with Gasteiger partial charge in [-0.2, -0.15) is 0 Å². The van der Waals surface area contributed by atoms with Crippen LogP contribution in [0.15, 0.2) is 24.3 Å². The van der Waals surface area contributed by atoms with Crippen LogP contribution in [-0.2, 0) is 12.0 Å². The van der Waals surface area contributed by atoms with Crippen molar-refractivity contribution >= 4 is 17.3 Å². The molecule has 4 rings (SSSR count). The summed E-state index contributed by atoms with van der Waals surface area (Å²) in [6, 6.07) is 8.27. The Morgan fingerprint density at radius 1 is 1.03 bits per heavy atom. The van der Waals surface area contributed by atoms with Gasteiger partial charge in [-0.1, -0.05) is 6.92 Å². The Bertz CT molecular complexity index is 993. The van der Waals surface area contributed by atoms with Crippen LogP contribution in [0.3, 0.4) is 0 Å². The zero-order chi connectivity index (χ0) is 26.4. The maximum atomic E-state index is 9.87. The van der Waals surface area contributed by atoms with Crippen LogP contribution in [0.1, 0.15) is 57.8 Å². The number of benzene rings is 1. The first kappa shape index (κ1) is 27.6. The lowest BCUT2D eigenvalue weighted by Crippen LogP contribution is -2.45. The molecule has 1 aromatic heterocycles. The third-order valence-corrected chi connectivity index (χ3v) is 7.34. The van der Waals surface area contributed by atoms with Gasteiger partial charge >= 0.3 is 0 Å². The highest BCUT2D eigenvalue weighted by atomic mass is 16.5. The van der Waals surface area contributed by atoms with E-state index in [-0.39, 0.29) is 12.1 Å². The van der Waals surface area contributed by atoms with Crippen LogP contribution in [0.5, 0.6) is 5.75 Å². The number of hydrogen-bond donors (Lipinski definition) is 4. The van der Waals surface area contributed by atoms with Crippen molar-refractivity contribution in [2.75, 3.05) is 57.0 Å². The van der Waals surface area contributed by atoms with Gasteiger partial charge < -0.3 is 31.1 Å². The van der Waals surface area contributed by atoms with E-state index >= 15 is 0 Å². The zero-order valence-electron chi connectivity index (χ0n) is 23.0. The van der Waals surface area contributed by atoms with Gasteiger partial charge in [0.15, 0.2) is 5.82 Å². The number of ether oxygens (including phenoxy) is 1. The van der Waals surface area contributed by atoms with Crippen molar-refractivity contribution in [2.45, 2.75) is 70.6 Å². The van der Waals surface area contributed by atoms with Gasteiger partial charge in [0.05, 0.1) is 17.3 Å². The summed E-state index contributed by atoms with van der Waals surface area (Å²) in [5, 5.41) is 16.9. The first-order valence-electron chi connectivity index (χ1n) is 13.8. The van der Waals surface area contributed by atoms with E-state index in [9.17, 15) is 5.11 Å². The number of aromatic nitrogens is 2. The third kappa shape index (κ3) is 7.77. The molecule has 1 aliphatic heterocycles. The number of aryl methyl sites for hydroxylation is 1. The molecule has 2 heterocycles. The molecule has 9 nitrogen and oxygen atoms in total. The topological polar surface area (TPSA) is 112 Å². The van der Waals surface area contributed by atoms with Gasteiger partial charge in [0, 0.05) is 44.5 Å². The summed E-state index contributed by atoms with van der Waals surface area (Å²) >= 11 is 0. The molecular formula is C28H45N7O2. The highest BCUT2D eigenvalue weighted by Gasteiger charge is 2.26. The SMILES string of the molecule is CCc1nc(C(C)(C)N)c(Nc2ccc(OCCN3CCN(C)CC3)cc2)nc1N[C@H]1CC[C@H](O)CC1. The Kier molecular flexibility index (Phi) is 9.23. The van der Waals surface area contributed by atoms with Crippen LogP contribution in [0.4, 0.5) is 17.3 Å². The molecule has 1 aliphatic carbocycles. The summed E-state index contributed by atoms with van der Waals surface area (Å²) in [4.78, 5) is 14.7. The molecule has 0 bridgehead atoms. The minimum Gasteiger partial charge on any atom is -0.492 e. The van der Waals surface area contributed by atoms with Crippen molar-refractivity contribution in [1.82, 2.24) is 19.8 Å². The highest BCUT2D eigenvalue weighted by Crippen LogP contribution is 2.31. The molecule has 1 aromatic carbocycles. The fourth-order valence-corrected chi connectivity index (χ4v) is 4.92.